The monoisotopic (exact) mass is 574 g/mol. The number of anilines is 1. The van der Waals surface area contributed by atoms with Crippen LogP contribution in [-0.2, 0) is 16.0 Å². The van der Waals surface area contributed by atoms with Gasteiger partial charge in [0.25, 0.3) is 0 Å². The Hall–Kier alpha value is -4.03. The molecule has 0 bridgehead atoms. The first kappa shape index (κ1) is 29.9. The van der Waals surface area contributed by atoms with Crippen LogP contribution < -0.4 is 15.4 Å². The minimum Gasteiger partial charge on any atom is -0.465 e. The number of benzene rings is 2. The molecule has 12 heteroatoms. The molecule has 2 aromatic carbocycles. The zero-order valence-corrected chi connectivity index (χ0v) is 22.6. The van der Waals surface area contributed by atoms with Crippen molar-refractivity contribution in [2.45, 2.75) is 38.7 Å². The van der Waals surface area contributed by atoms with Crippen LogP contribution in [0.25, 0.3) is 21.7 Å². The average molecular weight is 575 g/mol. The first-order chi connectivity index (χ1) is 19.6. The summed E-state index contributed by atoms with van der Waals surface area (Å²) in [5.41, 5.74) is 1.57. The van der Waals surface area contributed by atoms with E-state index in [2.05, 4.69) is 20.4 Å². The Morgan fingerprint density at radius 2 is 1.88 bits per heavy atom. The predicted molar refractivity (Wildman–Crippen MR) is 146 cm³/mol. The van der Waals surface area contributed by atoms with E-state index >= 15 is 0 Å². The lowest BCUT2D eigenvalue weighted by Crippen LogP contribution is -2.23. The van der Waals surface area contributed by atoms with E-state index in [1.807, 2.05) is 19.1 Å². The molecular formula is C29H30F4N4O4. The van der Waals surface area contributed by atoms with Crippen LogP contribution in [0.15, 0.2) is 54.9 Å². The number of aromatic nitrogens is 2. The molecule has 0 aliphatic carbocycles. The average Bonchev–Trinajstić information content (AvgIpc) is 2.94. The summed E-state index contributed by atoms with van der Waals surface area (Å²) in [6.45, 7) is 3.90. The van der Waals surface area contributed by atoms with Crippen LogP contribution in [0.3, 0.4) is 0 Å². The summed E-state index contributed by atoms with van der Waals surface area (Å²) in [5, 5.41) is 9.22. The van der Waals surface area contributed by atoms with Gasteiger partial charge in [0.15, 0.2) is 11.6 Å². The van der Waals surface area contributed by atoms with E-state index in [1.165, 1.54) is 13.2 Å². The number of unbranched alkanes of at least 4 members (excludes halogenated alkanes) is 1. The van der Waals surface area contributed by atoms with E-state index in [0.717, 1.165) is 41.1 Å². The van der Waals surface area contributed by atoms with Gasteiger partial charge in [0.2, 0.25) is 0 Å². The molecule has 2 N–H and O–H groups in total. The molecule has 0 fully saturated rings. The number of methoxy groups -OCH3 is 1. The fourth-order valence-corrected chi connectivity index (χ4v) is 4.29. The molecule has 0 spiro atoms. The number of rotatable bonds is 13. The maximum atomic E-state index is 13.8. The molecule has 8 nitrogen and oxygen atoms in total. The van der Waals surface area contributed by atoms with E-state index in [0.29, 0.717) is 48.8 Å². The van der Waals surface area contributed by atoms with Crippen LogP contribution in [0.2, 0.25) is 0 Å². The van der Waals surface area contributed by atoms with Crippen molar-refractivity contribution in [3.05, 3.63) is 71.8 Å². The Morgan fingerprint density at radius 1 is 1.05 bits per heavy atom. The van der Waals surface area contributed by atoms with Gasteiger partial charge in [-0.3, -0.25) is 4.98 Å². The number of carbonyl (C=O) groups is 1. The first-order valence-corrected chi connectivity index (χ1v) is 13.0. The lowest BCUT2D eigenvalue weighted by Gasteiger charge is -2.17. The van der Waals surface area contributed by atoms with E-state index in [9.17, 15) is 22.4 Å². The fourth-order valence-electron chi connectivity index (χ4n) is 4.29. The number of esters is 1. The molecule has 41 heavy (non-hydrogen) atoms. The van der Waals surface area contributed by atoms with Gasteiger partial charge in [-0.15, -0.1) is 13.2 Å². The van der Waals surface area contributed by atoms with Gasteiger partial charge >= 0.3 is 12.3 Å². The van der Waals surface area contributed by atoms with E-state index in [4.69, 9.17) is 14.5 Å². The summed E-state index contributed by atoms with van der Waals surface area (Å²) in [7, 11) is 1.33. The number of nitrogens with one attached hydrogen (secondary N) is 2. The number of carbonyl (C=O) groups excluding carboxylic acids is 1. The zero-order valence-electron chi connectivity index (χ0n) is 22.6. The second kappa shape index (κ2) is 13.6. The normalized spacial score (nSPS) is 12.4. The standard InChI is InChI=1S/C29H30F4N4O4/c1-18(17-40-12-4-3-10-34-15-19-5-8-26(24(30)13-19)41-29(31,32)33)36-27-22-9-11-35-16-23(22)21-7-6-20(28(38)39-2)14-25(21)37-27/h5-9,11,13-14,16,18,34H,3-4,10,12,15,17H2,1-2H3,(H,36,37)/t18-/m1/s1. The molecule has 0 aliphatic heterocycles. The number of hydrogen-bond acceptors (Lipinski definition) is 8. The minimum absolute atomic E-state index is 0.0579. The summed E-state index contributed by atoms with van der Waals surface area (Å²) >= 11 is 0. The Balaban J connectivity index is 1.22. The lowest BCUT2D eigenvalue weighted by molar-refractivity contribution is -0.275. The molecule has 4 aromatic rings. The number of hydrogen-bond donors (Lipinski definition) is 2. The van der Waals surface area contributed by atoms with Crippen molar-refractivity contribution < 1.29 is 36.6 Å². The third kappa shape index (κ3) is 8.24. The fraction of sp³-hybridized carbons (Fsp3) is 0.345. The minimum atomic E-state index is -4.94. The predicted octanol–water partition coefficient (Wildman–Crippen LogP) is 5.99. The second-order valence-corrected chi connectivity index (χ2v) is 9.42. The molecule has 0 radical (unpaired) electrons. The van der Waals surface area contributed by atoms with Crippen LogP contribution in [0.5, 0.6) is 5.75 Å². The summed E-state index contributed by atoms with van der Waals surface area (Å²) in [4.78, 5) is 21.0. The largest absolute Gasteiger partial charge is 0.573 e. The van der Waals surface area contributed by atoms with Gasteiger partial charge in [-0.05, 0) is 62.2 Å². The molecule has 0 aliphatic rings. The summed E-state index contributed by atoms with van der Waals surface area (Å²) in [6.07, 6.45) is 0.114. The third-order valence-corrected chi connectivity index (χ3v) is 6.21. The van der Waals surface area contributed by atoms with E-state index in [-0.39, 0.29) is 6.04 Å². The van der Waals surface area contributed by atoms with E-state index < -0.39 is 23.9 Å². The maximum absolute atomic E-state index is 13.8. The Morgan fingerprint density at radius 3 is 2.63 bits per heavy atom. The number of ether oxygens (including phenoxy) is 3. The number of nitrogens with zero attached hydrogens (tertiary/aromatic N) is 2. The van der Waals surface area contributed by atoms with Gasteiger partial charge in [0.1, 0.15) is 5.82 Å². The molecule has 218 valence electrons. The highest BCUT2D eigenvalue weighted by Crippen LogP contribution is 2.30. The Kier molecular flexibility index (Phi) is 9.90. The van der Waals surface area contributed by atoms with Crippen molar-refractivity contribution in [3.63, 3.8) is 0 Å². The van der Waals surface area contributed by atoms with Crippen LogP contribution >= 0.6 is 0 Å². The smallest absolute Gasteiger partial charge is 0.465 e. The summed E-state index contributed by atoms with van der Waals surface area (Å²) in [6, 6.07) is 10.4. The third-order valence-electron chi connectivity index (χ3n) is 6.21. The maximum Gasteiger partial charge on any atom is 0.573 e. The van der Waals surface area contributed by atoms with Gasteiger partial charge in [-0.25, -0.2) is 14.2 Å². The summed E-state index contributed by atoms with van der Waals surface area (Å²) in [5.74, 6) is -1.69. The molecule has 4 rings (SSSR count). The van der Waals surface area contributed by atoms with E-state index in [1.54, 1.807) is 24.5 Å². The highest BCUT2D eigenvalue weighted by molar-refractivity contribution is 6.10. The van der Waals surface area contributed by atoms with Gasteiger partial charge in [-0.2, -0.15) is 0 Å². The molecule has 2 aromatic heterocycles. The van der Waals surface area contributed by atoms with Crippen LogP contribution in [0, 0.1) is 5.82 Å². The van der Waals surface area contributed by atoms with Crippen molar-refractivity contribution in [2.75, 3.05) is 32.2 Å². The van der Waals surface area contributed by atoms with Crippen molar-refractivity contribution in [1.29, 1.82) is 0 Å². The summed E-state index contributed by atoms with van der Waals surface area (Å²) < 4.78 is 64.9. The second-order valence-electron chi connectivity index (χ2n) is 9.42. The van der Waals surface area contributed by atoms with Crippen molar-refractivity contribution in [1.82, 2.24) is 15.3 Å². The molecule has 0 amide bonds. The highest BCUT2D eigenvalue weighted by Gasteiger charge is 2.32. The number of halogens is 4. The zero-order chi connectivity index (χ0) is 29.4. The number of alkyl halides is 3. The van der Waals surface area contributed by atoms with Crippen molar-refractivity contribution in [3.8, 4) is 5.75 Å². The first-order valence-electron chi connectivity index (χ1n) is 13.0. The van der Waals surface area contributed by atoms with Crippen LogP contribution in [0.4, 0.5) is 23.4 Å². The Labute approximate surface area is 234 Å². The number of fused-ring (bicyclic) bond motifs is 3. The van der Waals surface area contributed by atoms with Crippen molar-refractivity contribution in [2.24, 2.45) is 0 Å². The highest BCUT2D eigenvalue weighted by atomic mass is 19.4. The molecule has 0 saturated carbocycles. The Bertz CT molecular complexity index is 1500. The lowest BCUT2D eigenvalue weighted by atomic mass is 10.1. The number of pyridine rings is 2. The molecule has 0 saturated heterocycles. The SMILES string of the molecule is COC(=O)c1ccc2c(c1)nc(N[C@H](C)COCCCCNCc1ccc(OC(F)(F)F)c(F)c1)c1ccncc12. The molecule has 0 unspecified atom stereocenters. The van der Waals surface area contributed by atoms with Crippen LogP contribution in [0.1, 0.15) is 35.7 Å². The quantitative estimate of drug-likeness (QED) is 0.0870. The topological polar surface area (TPSA) is 94.6 Å². The van der Waals surface area contributed by atoms with Crippen LogP contribution in [-0.4, -0.2) is 55.2 Å². The van der Waals surface area contributed by atoms with Gasteiger partial charge in [0.05, 0.1) is 24.8 Å². The van der Waals surface area contributed by atoms with Gasteiger partial charge in [0, 0.05) is 47.7 Å². The van der Waals surface area contributed by atoms with Gasteiger partial charge in [-0.1, -0.05) is 12.1 Å². The van der Waals surface area contributed by atoms with Crippen molar-refractivity contribution >= 4 is 33.5 Å². The molecule has 2 heterocycles. The molecule has 1 atom stereocenters. The van der Waals surface area contributed by atoms with Gasteiger partial charge < -0.3 is 24.8 Å². The molecular weight excluding hydrogens is 544 g/mol.